The van der Waals surface area contributed by atoms with Crippen molar-refractivity contribution in [3.63, 3.8) is 0 Å². The largest absolute Gasteiger partial charge is 0.354 e. The summed E-state index contributed by atoms with van der Waals surface area (Å²) in [5.74, 6) is 0. The number of hydrogen-bond donors (Lipinski definition) is 4. The van der Waals surface area contributed by atoms with Crippen molar-refractivity contribution >= 4 is 134 Å². The molecule has 122 heavy (non-hydrogen) atoms. The molecule has 18 rings (SSSR count). The van der Waals surface area contributed by atoms with Gasteiger partial charge in [0, 0.05) is 123 Å². The van der Waals surface area contributed by atoms with Crippen LogP contribution in [-0.2, 0) is 43.3 Å². The highest BCUT2D eigenvalue weighted by Crippen LogP contribution is 2.52. The number of aromatic amines is 4. The molecule has 0 saturated heterocycles. The average molecular weight is 1610 g/mol. The molecule has 2 aliphatic heterocycles. The molecule has 16 bridgehead atoms. The zero-order valence-electron chi connectivity index (χ0n) is 74.8. The molecule has 14 nitrogen and oxygen atoms in total. The summed E-state index contributed by atoms with van der Waals surface area (Å²) < 4.78 is 0. The van der Waals surface area contributed by atoms with Crippen molar-refractivity contribution in [3.05, 3.63) is 257 Å². The molecule has 8 aromatic heterocycles. The van der Waals surface area contributed by atoms with Gasteiger partial charge in [0.15, 0.2) is 0 Å². The second-order valence-corrected chi connectivity index (χ2v) is 42.6. The standard InChI is InChI=1S/C108H108N10O4/c1-101(2,3)63-41-59(42-64(49-63)102(4,5)6)91-81-37-33-77(109-81)89(57-25-29-71(30-26-57)117(119)120)78-34-38-82(110-78)93(61-45-67(105(13,14)15)51-68(46-61)106(16,17)18)87-55-75-76-56-88-94(62-47-69(107(19,20)21)52-70(48-62)108(22,23)24)84-40-36-80(112-84)90(58-27-31-72(32-28-58)118(121)122)79-35-39-83(111-79)92(60-43-65(103(7,8)9)50-66(44-60)104(10,11)12)86-54-74-73-53-85(91)113-97(73)95(99(75)115-87)96(98(74)114-86)100(76)116-88/h25-56,109,112,114-115H,1-24H3. The maximum atomic E-state index is 12.6. The Morgan fingerprint density at radius 1 is 0.246 bits per heavy atom. The van der Waals surface area contributed by atoms with Gasteiger partial charge in [-0.05, 0) is 218 Å². The van der Waals surface area contributed by atoms with Crippen LogP contribution in [0.2, 0.25) is 0 Å². The van der Waals surface area contributed by atoms with Gasteiger partial charge in [-0.1, -0.05) is 239 Å². The van der Waals surface area contributed by atoms with Crippen molar-refractivity contribution in [1.29, 1.82) is 0 Å². The number of fused-ring (bicyclic) bond motifs is 14. The number of nitrogens with one attached hydrogen (secondary N) is 4. The Balaban J connectivity index is 1.15. The number of rotatable bonds is 8. The van der Waals surface area contributed by atoms with E-state index in [4.69, 9.17) is 19.9 Å². The molecule has 0 aliphatic carbocycles. The summed E-state index contributed by atoms with van der Waals surface area (Å²) in [6.07, 6.45) is 8.48. The molecule has 16 aromatic rings. The van der Waals surface area contributed by atoms with Crippen LogP contribution in [0.3, 0.4) is 0 Å². The van der Waals surface area contributed by atoms with Crippen molar-refractivity contribution in [1.82, 2.24) is 39.9 Å². The van der Waals surface area contributed by atoms with E-state index in [0.29, 0.717) is 11.4 Å². The lowest BCUT2D eigenvalue weighted by molar-refractivity contribution is -0.385. The first kappa shape index (κ1) is 80.4. The number of aromatic nitrogens is 8. The summed E-state index contributed by atoms with van der Waals surface area (Å²) in [6.45, 7) is 54.7. The molecular formula is C108H108N10O4. The van der Waals surface area contributed by atoms with Gasteiger partial charge < -0.3 is 19.9 Å². The molecule has 0 amide bonds. The maximum absolute atomic E-state index is 12.6. The number of nitro benzene ring substituents is 2. The molecule has 0 radical (unpaired) electrons. The Hall–Kier alpha value is -12.7. The lowest BCUT2D eigenvalue weighted by Crippen LogP contribution is -2.16. The van der Waals surface area contributed by atoms with E-state index < -0.39 is 0 Å². The minimum Gasteiger partial charge on any atom is -0.354 e. The Morgan fingerprint density at radius 2 is 0.484 bits per heavy atom. The molecule has 0 spiro atoms. The smallest absolute Gasteiger partial charge is 0.269 e. The Morgan fingerprint density at radius 3 is 0.730 bits per heavy atom. The lowest BCUT2D eigenvalue weighted by Gasteiger charge is -2.26. The topological polar surface area (TPSA) is 201 Å². The fourth-order valence-electron chi connectivity index (χ4n) is 18.0. The molecule has 4 N–H and O–H groups in total. The first-order valence-electron chi connectivity index (χ1n) is 42.7. The van der Waals surface area contributed by atoms with Gasteiger partial charge in [-0.2, -0.15) is 0 Å². The number of non-ortho nitro benzene ring substituents is 2. The van der Waals surface area contributed by atoms with Crippen LogP contribution in [-0.4, -0.2) is 49.7 Å². The van der Waals surface area contributed by atoms with E-state index in [1.165, 1.54) is 44.5 Å². The fraction of sp³-hybridized carbons (Fsp3) is 0.296. The molecule has 0 fully saturated rings. The van der Waals surface area contributed by atoms with E-state index in [9.17, 15) is 20.2 Å². The van der Waals surface area contributed by atoms with E-state index in [0.717, 1.165) is 177 Å². The predicted octanol–water partition coefficient (Wildman–Crippen LogP) is 29.8. The average Bonchev–Trinajstić information content (AvgIpc) is 1.53. The minimum atomic E-state index is -0.349. The SMILES string of the molecule is CC(C)(C)c1cc(-c2c3nc(c(-c4ccc([N+](=O)[O-])cc4)c4ccc([nH]4)c(-c4cc(C(C)(C)C)cc(C(C)(C)C)c4)c4cc5c6cc7[nH]c6c6c8nc(cc8c8cc2[nH]c8c6c5n4)c(-c2cc(C(C)(C)C)cc(C(C)(C)C)c2)c2ccc([nH]2)c(-c2ccc([N+](=O)[O-])cc2)c2nc(c7-c4cc(C(C)(C)C)cc(C(C)(C)C)c4)C=C2)C=C3)cc(C(C)(C)C)c1. The fourth-order valence-corrected chi connectivity index (χ4v) is 18.0. The van der Waals surface area contributed by atoms with Crippen LogP contribution in [0.1, 0.15) is 233 Å². The van der Waals surface area contributed by atoms with E-state index >= 15 is 0 Å². The van der Waals surface area contributed by atoms with Gasteiger partial charge in [-0.15, -0.1) is 0 Å². The van der Waals surface area contributed by atoms with Crippen LogP contribution in [0.15, 0.2) is 170 Å². The minimum absolute atomic E-state index is 0.0130. The molecule has 8 aromatic carbocycles. The van der Waals surface area contributed by atoms with Gasteiger partial charge in [-0.25, -0.2) is 19.9 Å². The second kappa shape index (κ2) is 27.4. The number of benzene rings is 8. The molecule has 614 valence electrons. The highest BCUT2D eigenvalue weighted by Gasteiger charge is 2.33. The molecular weight excluding hydrogens is 1500 g/mol. The predicted molar refractivity (Wildman–Crippen MR) is 512 cm³/mol. The second-order valence-electron chi connectivity index (χ2n) is 42.6. The van der Waals surface area contributed by atoms with Gasteiger partial charge >= 0.3 is 0 Å². The Bertz CT molecular complexity index is 6850. The van der Waals surface area contributed by atoms with Crippen LogP contribution >= 0.6 is 0 Å². The monoisotopic (exact) mass is 1610 g/mol. The van der Waals surface area contributed by atoms with Gasteiger partial charge in [0.1, 0.15) is 0 Å². The van der Waals surface area contributed by atoms with Crippen molar-refractivity contribution in [3.8, 4) is 66.8 Å². The summed E-state index contributed by atoms with van der Waals surface area (Å²) in [5.41, 5.74) is 30.1. The molecule has 0 saturated carbocycles. The number of H-pyrrole nitrogens is 4. The van der Waals surface area contributed by atoms with Crippen LogP contribution in [0.25, 0.3) is 190 Å². The Labute approximate surface area is 713 Å². The van der Waals surface area contributed by atoms with E-state index in [1.54, 1.807) is 24.3 Å². The third-order valence-electron chi connectivity index (χ3n) is 25.3. The first-order valence-corrected chi connectivity index (χ1v) is 42.7. The van der Waals surface area contributed by atoms with Crippen molar-refractivity contribution in [2.24, 2.45) is 0 Å². The number of nitro groups is 2. The molecule has 10 heterocycles. The lowest BCUT2D eigenvalue weighted by atomic mass is 9.78. The van der Waals surface area contributed by atoms with E-state index in [-0.39, 0.29) is 64.5 Å². The summed E-state index contributed by atoms with van der Waals surface area (Å²) in [7, 11) is 0. The number of nitrogens with zero attached hydrogens (tertiary/aromatic N) is 6. The summed E-state index contributed by atoms with van der Waals surface area (Å²) in [6, 6.07) is 59.9. The van der Waals surface area contributed by atoms with Gasteiger partial charge in [0.2, 0.25) is 0 Å². The van der Waals surface area contributed by atoms with E-state index in [2.05, 4.69) is 332 Å². The Kier molecular flexibility index (Phi) is 18.1. The van der Waals surface area contributed by atoms with E-state index in [1.807, 2.05) is 24.3 Å². The molecule has 0 unspecified atom stereocenters. The normalized spacial score (nSPS) is 13.5. The van der Waals surface area contributed by atoms with Gasteiger partial charge in [0.05, 0.1) is 65.7 Å². The third-order valence-corrected chi connectivity index (χ3v) is 25.3. The van der Waals surface area contributed by atoms with Crippen molar-refractivity contribution < 1.29 is 9.85 Å². The van der Waals surface area contributed by atoms with Gasteiger partial charge in [-0.3, -0.25) is 20.2 Å². The van der Waals surface area contributed by atoms with Crippen LogP contribution in [0.5, 0.6) is 0 Å². The highest BCUT2D eigenvalue weighted by atomic mass is 16.6. The molecule has 0 atom stereocenters. The van der Waals surface area contributed by atoms with Crippen molar-refractivity contribution in [2.75, 3.05) is 0 Å². The number of hydrogen-bond acceptors (Lipinski definition) is 8. The third kappa shape index (κ3) is 13.9. The summed E-state index contributed by atoms with van der Waals surface area (Å²) in [4.78, 5) is 65.6. The summed E-state index contributed by atoms with van der Waals surface area (Å²) in [5, 5.41) is 30.6. The van der Waals surface area contributed by atoms with Crippen molar-refractivity contribution in [2.45, 2.75) is 209 Å². The molecule has 2 aliphatic rings. The van der Waals surface area contributed by atoms with Crippen LogP contribution in [0, 0.1) is 20.2 Å². The zero-order valence-corrected chi connectivity index (χ0v) is 74.8. The maximum Gasteiger partial charge on any atom is 0.269 e. The van der Waals surface area contributed by atoms with Gasteiger partial charge in [0.25, 0.3) is 11.4 Å². The molecule has 14 heteroatoms. The summed E-state index contributed by atoms with van der Waals surface area (Å²) >= 11 is 0. The first-order chi connectivity index (χ1) is 57.1. The zero-order chi connectivity index (χ0) is 86.8. The van der Waals surface area contributed by atoms with Crippen LogP contribution in [0.4, 0.5) is 11.4 Å². The quantitative estimate of drug-likeness (QED) is 0.0850. The highest BCUT2D eigenvalue weighted by molar-refractivity contribution is 6.39. The van der Waals surface area contributed by atoms with Crippen LogP contribution < -0.4 is 0 Å².